The Morgan fingerprint density at radius 3 is 2.44 bits per heavy atom. The van der Waals surface area contributed by atoms with Crippen molar-refractivity contribution in [2.45, 2.75) is 20.3 Å². The van der Waals surface area contributed by atoms with Crippen molar-refractivity contribution < 1.29 is 14.1 Å². The standard InChI is InChI=1S/C21H21N3O3/c1-3-13-22-20(25)16-11-7-8-12-17(16)23-21(26)18-14(2)27-24-19(18)15-9-5-4-6-10-15/h4-12H,3,13H2,1-2H3,(H,22,25)(H,23,26). The molecule has 0 saturated heterocycles. The highest BCUT2D eigenvalue weighted by atomic mass is 16.5. The number of benzene rings is 2. The second-order valence-corrected chi connectivity index (χ2v) is 6.08. The zero-order chi connectivity index (χ0) is 19.2. The van der Waals surface area contributed by atoms with Gasteiger partial charge in [0.25, 0.3) is 11.8 Å². The van der Waals surface area contributed by atoms with E-state index < -0.39 is 0 Å². The summed E-state index contributed by atoms with van der Waals surface area (Å²) < 4.78 is 5.25. The Morgan fingerprint density at radius 2 is 1.70 bits per heavy atom. The molecule has 138 valence electrons. The third-order valence-electron chi connectivity index (χ3n) is 4.09. The summed E-state index contributed by atoms with van der Waals surface area (Å²) in [5.41, 5.74) is 2.46. The Hall–Kier alpha value is -3.41. The molecule has 3 rings (SSSR count). The SMILES string of the molecule is CCCNC(=O)c1ccccc1NC(=O)c1c(-c2ccccc2)noc1C. The lowest BCUT2D eigenvalue weighted by Gasteiger charge is -2.11. The fourth-order valence-electron chi connectivity index (χ4n) is 2.74. The molecule has 2 aromatic carbocycles. The number of aromatic nitrogens is 1. The first-order valence-corrected chi connectivity index (χ1v) is 8.82. The van der Waals surface area contributed by atoms with E-state index in [2.05, 4.69) is 15.8 Å². The van der Waals surface area contributed by atoms with E-state index in [0.29, 0.717) is 34.8 Å². The predicted molar refractivity (Wildman–Crippen MR) is 104 cm³/mol. The van der Waals surface area contributed by atoms with Crippen molar-refractivity contribution in [3.63, 3.8) is 0 Å². The Bertz CT molecular complexity index is 948. The molecule has 0 aliphatic carbocycles. The van der Waals surface area contributed by atoms with Gasteiger partial charge in [0.1, 0.15) is 17.0 Å². The molecule has 0 fully saturated rings. The van der Waals surface area contributed by atoms with Crippen LogP contribution in [0.4, 0.5) is 5.69 Å². The molecular formula is C21H21N3O3. The van der Waals surface area contributed by atoms with Gasteiger partial charge in [-0.2, -0.15) is 0 Å². The van der Waals surface area contributed by atoms with Crippen LogP contribution in [0.25, 0.3) is 11.3 Å². The van der Waals surface area contributed by atoms with Gasteiger partial charge in [0.2, 0.25) is 0 Å². The average molecular weight is 363 g/mol. The lowest BCUT2D eigenvalue weighted by Crippen LogP contribution is -2.26. The first-order valence-electron chi connectivity index (χ1n) is 8.82. The Labute approximate surface area is 157 Å². The highest BCUT2D eigenvalue weighted by Gasteiger charge is 2.23. The molecule has 2 amide bonds. The van der Waals surface area contributed by atoms with Crippen LogP contribution in [0, 0.1) is 6.92 Å². The Kier molecular flexibility index (Phi) is 5.66. The van der Waals surface area contributed by atoms with Crippen molar-refractivity contribution in [1.29, 1.82) is 0 Å². The van der Waals surface area contributed by atoms with Crippen LogP contribution in [-0.4, -0.2) is 23.5 Å². The minimum absolute atomic E-state index is 0.224. The molecular weight excluding hydrogens is 342 g/mol. The van der Waals surface area contributed by atoms with Crippen molar-refractivity contribution >= 4 is 17.5 Å². The molecule has 0 saturated carbocycles. The number of nitrogens with zero attached hydrogens (tertiary/aromatic N) is 1. The monoisotopic (exact) mass is 363 g/mol. The first-order chi connectivity index (χ1) is 13.1. The van der Waals surface area contributed by atoms with Gasteiger partial charge in [-0.05, 0) is 25.5 Å². The van der Waals surface area contributed by atoms with Gasteiger partial charge in [0, 0.05) is 12.1 Å². The van der Waals surface area contributed by atoms with Crippen LogP contribution < -0.4 is 10.6 Å². The number of hydrogen-bond acceptors (Lipinski definition) is 4. The van der Waals surface area contributed by atoms with Gasteiger partial charge in [-0.25, -0.2) is 0 Å². The fraction of sp³-hybridized carbons (Fsp3) is 0.190. The van der Waals surface area contributed by atoms with E-state index >= 15 is 0 Å². The van der Waals surface area contributed by atoms with Crippen LogP contribution in [0.1, 0.15) is 39.8 Å². The summed E-state index contributed by atoms with van der Waals surface area (Å²) in [6.07, 6.45) is 0.834. The minimum atomic E-state index is -0.372. The van der Waals surface area contributed by atoms with Crippen molar-refractivity contribution in [3.8, 4) is 11.3 Å². The quantitative estimate of drug-likeness (QED) is 0.692. The second kappa shape index (κ2) is 8.31. The summed E-state index contributed by atoms with van der Waals surface area (Å²) in [7, 11) is 0. The molecule has 2 N–H and O–H groups in total. The van der Waals surface area contributed by atoms with Gasteiger partial charge in [-0.3, -0.25) is 9.59 Å². The Morgan fingerprint density at radius 1 is 1.00 bits per heavy atom. The molecule has 3 aromatic rings. The van der Waals surface area contributed by atoms with Crippen LogP contribution in [-0.2, 0) is 0 Å². The summed E-state index contributed by atoms with van der Waals surface area (Å²) in [6, 6.07) is 16.3. The van der Waals surface area contributed by atoms with Gasteiger partial charge >= 0.3 is 0 Å². The van der Waals surface area contributed by atoms with E-state index in [9.17, 15) is 9.59 Å². The molecule has 0 bridgehead atoms. The van der Waals surface area contributed by atoms with Gasteiger partial charge in [0.15, 0.2) is 0 Å². The topological polar surface area (TPSA) is 84.2 Å². The van der Waals surface area contributed by atoms with Gasteiger partial charge in [-0.15, -0.1) is 0 Å². The molecule has 6 heteroatoms. The van der Waals surface area contributed by atoms with E-state index in [1.165, 1.54) is 0 Å². The van der Waals surface area contributed by atoms with Crippen LogP contribution in [0.3, 0.4) is 0 Å². The van der Waals surface area contributed by atoms with Gasteiger partial charge < -0.3 is 15.2 Å². The summed E-state index contributed by atoms with van der Waals surface area (Å²) in [5.74, 6) is -0.180. The normalized spacial score (nSPS) is 10.4. The number of carbonyl (C=O) groups excluding carboxylic acids is 2. The lowest BCUT2D eigenvalue weighted by atomic mass is 10.1. The summed E-state index contributed by atoms with van der Waals surface area (Å²) in [5, 5.41) is 9.68. The maximum atomic E-state index is 12.9. The van der Waals surface area contributed by atoms with Crippen molar-refractivity contribution in [3.05, 3.63) is 71.5 Å². The van der Waals surface area contributed by atoms with E-state index in [4.69, 9.17) is 4.52 Å². The lowest BCUT2D eigenvalue weighted by molar-refractivity contribution is 0.0954. The number of aryl methyl sites for hydroxylation is 1. The maximum Gasteiger partial charge on any atom is 0.261 e. The van der Waals surface area contributed by atoms with Crippen LogP contribution in [0.15, 0.2) is 59.1 Å². The third-order valence-corrected chi connectivity index (χ3v) is 4.09. The zero-order valence-corrected chi connectivity index (χ0v) is 15.3. The number of hydrogen-bond donors (Lipinski definition) is 2. The van der Waals surface area contributed by atoms with E-state index in [1.807, 2.05) is 37.3 Å². The number of carbonyl (C=O) groups is 2. The largest absolute Gasteiger partial charge is 0.360 e. The number of amides is 2. The molecule has 0 radical (unpaired) electrons. The van der Waals surface area contributed by atoms with Crippen LogP contribution in [0.5, 0.6) is 0 Å². The maximum absolute atomic E-state index is 12.9. The van der Waals surface area contributed by atoms with Crippen molar-refractivity contribution in [2.24, 2.45) is 0 Å². The molecule has 0 atom stereocenters. The number of para-hydroxylation sites is 1. The predicted octanol–water partition coefficient (Wildman–Crippen LogP) is 4.04. The van der Waals surface area contributed by atoms with Crippen LogP contribution >= 0.6 is 0 Å². The molecule has 0 aliphatic heterocycles. The molecule has 0 spiro atoms. The average Bonchev–Trinajstić information content (AvgIpc) is 3.08. The highest BCUT2D eigenvalue weighted by molar-refractivity contribution is 6.11. The fourth-order valence-corrected chi connectivity index (χ4v) is 2.74. The smallest absolute Gasteiger partial charge is 0.261 e. The van der Waals surface area contributed by atoms with Crippen molar-refractivity contribution in [2.75, 3.05) is 11.9 Å². The highest BCUT2D eigenvalue weighted by Crippen LogP contribution is 2.26. The number of nitrogens with one attached hydrogen (secondary N) is 2. The van der Waals surface area contributed by atoms with E-state index in [-0.39, 0.29) is 11.8 Å². The molecule has 1 heterocycles. The summed E-state index contributed by atoms with van der Waals surface area (Å²) in [6.45, 7) is 4.24. The molecule has 0 unspecified atom stereocenters. The van der Waals surface area contributed by atoms with Crippen molar-refractivity contribution in [1.82, 2.24) is 10.5 Å². The minimum Gasteiger partial charge on any atom is -0.360 e. The molecule has 1 aromatic heterocycles. The zero-order valence-electron chi connectivity index (χ0n) is 15.3. The van der Waals surface area contributed by atoms with E-state index in [1.54, 1.807) is 31.2 Å². The molecule has 6 nitrogen and oxygen atoms in total. The van der Waals surface area contributed by atoms with E-state index in [0.717, 1.165) is 12.0 Å². The third kappa shape index (κ3) is 4.06. The summed E-state index contributed by atoms with van der Waals surface area (Å²) >= 11 is 0. The van der Waals surface area contributed by atoms with Gasteiger partial charge in [0.05, 0.1) is 11.3 Å². The summed E-state index contributed by atoms with van der Waals surface area (Å²) in [4.78, 5) is 25.3. The van der Waals surface area contributed by atoms with Gasteiger partial charge in [-0.1, -0.05) is 54.5 Å². The van der Waals surface area contributed by atoms with Crippen LogP contribution in [0.2, 0.25) is 0 Å². The number of rotatable bonds is 6. The molecule has 0 aliphatic rings. The molecule has 27 heavy (non-hydrogen) atoms. The number of anilines is 1. The first kappa shape index (κ1) is 18.4. The Balaban J connectivity index is 1.90. The second-order valence-electron chi connectivity index (χ2n) is 6.08.